The molecule has 1 heterocycles. The van der Waals surface area contributed by atoms with Gasteiger partial charge in [-0.05, 0) is 31.5 Å². The molecule has 1 N–H and O–H groups in total. The molecule has 24 heavy (non-hydrogen) atoms. The summed E-state index contributed by atoms with van der Waals surface area (Å²) in [5.41, 5.74) is 0.483. The number of hydrogen-bond acceptors (Lipinski definition) is 5. The molecule has 1 saturated heterocycles. The van der Waals surface area contributed by atoms with Gasteiger partial charge in [0.25, 0.3) is 5.91 Å². The number of amides is 2. The molecule has 0 aromatic heterocycles. The summed E-state index contributed by atoms with van der Waals surface area (Å²) >= 11 is 1.58. The number of rotatable bonds is 6. The Balaban J connectivity index is 2.17. The first-order valence-corrected chi connectivity index (χ1v) is 9.08. The molecule has 1 fully saturated rings. The molecular formula is C17H24N2O4S. The lowest BCUT2D eigenvalue weighted by Crippen LogP contribution is -2.49. The highest BCUT2D eigenvalue weighted by molar-refractivity contribution is 7.99. The fraction of sp³-hybridized carbons (Fsp3) is 0.529. The second kappa shape index (κ2) is 8.28. The first kappa shape index (κ1) is 18.4. The lowest BCUT2D eigenvalue weighted by Gasteiger charge is -2.24. The molecule has 0 spiro atoms. The molecule has 2 atom stereocenters. The topological polar surface area (TPSA) is 67.9 Å². The Morgan fingerprint density at radius 3 is 2.67 bits per heavy atom. The second-order valence-electron chi connectivity index (χ2n) is 5.68. The predicted octanol–water partition coefficient (Wildman–Crippen LogP) is 2.13. The highest BCUT2D eigenvalue weighted by Crippen LogP contribution is 2.30. The molecule has 2 amide bonds. The van der Waals surface area contributed by atoms with Crippen molar-refractivity contribution in [2.45, 2.75) is 32.4 Å². The van der Waals surface area contributed by atoms with Crippen LogP contribution in [0.15, 0.2) is 18.2 Å². The van der Waals surface area contributed by atoms with E-state index in [0.717, 1.165) is 6.42 Å². The van der Waals surface area contributed by atoms with Crippen LogP contribution in [0.1, 0.15) is 30.6 Å². The van der Waals surface area contributed by atoms with Crippen LogP contribution in [0.3, 0.4) is 0 Å². The minimum atomic E-state index is -0.440. The fourth-order valence-electron chi connectivity index (χ4n) is 2.44. The van der Waals surface area contributed by atoms with Crippen molar-refractivity contribution in [2.24, 2.45) is 0 Å². The largest absolute Gasteiger partial charge is 0.493 e. The first-order chi connectivity index (χ1) is 11.5. The Morgan fingerprint density at radius 1 is 1.33 bits per heavy atom. The maximum absolute atomic E-state index is 12.8. The fourth-order valence-corrected chi connectivity index (χ4v) is 3.59. The van der Waals surface area contributed by atoms with Crippen LogP contribution in [0.2, 0.25) is 0 Å². The third kappa shape index (κ3) is 3.95. The van der Waals surface area contributed by atoms with Gasteiger partial charge in [0.1, 0.15) is 6.04 Å². The molecule has 2 rings (SSSR count). The summed E-state index contributed by atoms with van der Waals surface area (Å²) in [7, 11) is 3.08. The molecule has 0 aliphatic carbocycles. The lowest BCUT2D eigenvalue weighted by molar-refractivity contribution is -0.125. The van der Waals surface area contributed by atoms with Crippen molar-refractivity contribution in [3.8, 4) is 11.5 Å². The van der Waals surface area contributed by atoms with Gasteiger partial charge in [-0.15, -0.1) is 11.8 Å². The van der Waals surface area contributed by atoms with Crippen LogP contribution in [0.5, 0.6) is 11.5 Å². The molecule has 0 bridgehead atoms. The number of carbonyl (C=O) groups excluding carboxylic acids is 2. The van der Waals surface area contributed by atoms with Gasteiger partial charge in [0.15, 0.2) is 11.5 Å². The highest BCUT2D eigenvalue weighted by atomic mass is 32.2. The van der Waals surface area contributed by atoms with E-state index in [1.54, 1.807) is 42.0 Å². The summed E-state index contributed by atoms with van der Waals surface area (Å²) in [6.07, 6.45) is 0.856. The van der Waals surface area contributed by atoms with Crippen molar-refractivity contribution in [2.75, 3.05) is 25.8 Å². The van der Waals surface area contributed by atoms with Gasteiger partial charge in [0.2, 0.25) is 5.91 Å². The number of nitrogens with zero attached hydrogens (tertiary/aromatic N) is 1. The van der Waals surface area contributed by atoms with Crippen molar-refractivity contribution < 1.29 is 19.1 Å². The molecule has 0 unspecified atom stereocenters. The van der Waals surface area contributed by atoms with E-state index >= 15 is 0 Å². The Kier molecular flexibility index (Phi) is 6.36. The first-order valence-electron chi connectivity index (χ1n) is 7.92. The van der Waals surface area contributed by atoms with Crippen molar-refractivity contribution in [3.05, 3.63) is 23.8 Å². The normalized spacial score (nSPS) is 18.2. The monoisotopic (exact) mass is 352 g/mol. The van der Waals surface area contributed by atoms with E-state index < -0.39 is 6.04 Å². The van der Waals surface area contributed by atoms with E-state index in [4.69, 9.17) is 9.47 Å². The minimum Gasteiger partial charge on any atom is -0.493 e. The number of thioether (sulfide) groups is 1. The van der Waals surface area contributed by atoms with Crippen molar-refractivity contribution in [3.63, 3.8) is 0 Å². The third-order valence-corrected chi connectivity index (χ3v) is 5.09. The summed E-state index contributed by atoms with van der Waals surface area (Å²) < 4.78 is 10.4. The third-order valence-electron chi connectivity index (χ3n) is 4.08. The van der Waals surface area contributed by atoms with Gasteiger partial charge in [-0.25, -0.2) is 0 Å². The van der Waals surface area contributed by atoms with E-state index in [1.807, 2.05) is 13.8 Å². The average Bonchev–Trinajstić information content (AvgIpc) is 3.10. The Labute approximate surface area is 146 Å². The zero-order valence-electron chi connectivity index (χ0n) is 14.5. The molecule has 1 aliphatic rings. The zero-order chi connectivity index (χ0) is 17.7. The van der Waals surface area contributed by atoms with E-state index in [2.05, 4.69) is 5.32 Å². The summed E-state index contributed by atoms with van der Waals surface area (Å²) in [6.45, 7) is 3.97. The zero-order valence-corrected chi connectivity index (χ0v) is 15.3. The van der Waals surface area contributed by atoms with Crippen molar-refractivity contribution >= 4 is 23.6 Å². The van der Waals surface area contributed by atoms with Gasteiger partial charge >= 0.3 is 0 Å². The Hall–Kier alpha value is -1.89. The Bertz CT molecular complexity index is 608. The van der Waals surface area contributed by atoms with Crippen molar-refractivity contribution in [1.82, 2.24) is 10.2 Å². The molecular weight excluding hydrogens is 328 g/mol. The van der Waals surface area contributed by atoms with Crippen LogP contribution in [0, 0.1) is 0 Å². The highest BCUT2D eigenvalue weighted by Gasteiger charge is 2.35. The summed E-state index contributed by atoms with van der Waals surface area (Å²) in [5.74, 6) is 1.91. The van der Waals surface area contributed by atoms with Crippen molar-refractivity contribution in [1.29, 1.82) is 0 Å². The summed E-state index contributed by atoms with van der Waals surface area (Å²) in [6, 6.07) is 4.69. The van der Waals surface area contributed by atoms with Gasteiger partial charge in [-0.1, -0.05) is 6.92 Å². The van der Waals surface area contributed by atoms with Crippen LogP contribution in [0.4, 0.5) is 0 Å². The number of nitrogens with one attached hydrogen (secondary N) is 1. The number of benzene rings is 1. The number of methoxy groups -OCH3 is 2. The molecule has 0 radical (unpaired) electrons. The standard InChI is InChI=1S/C17H24N2O4S/c1-5-11(2)18-16(20)13-9-24-10-19(13)17(21)12-6-7-14(22-3)15(8-12)23-4/h6-8,11,13H,5,9-10H2,1-4H3,(H,18,20)/t11-,13-/m1/s1. The molecule has 1 aliphatic heterocycles. The van der Waals surface area contributed by atoms with E-state index in [9.17, 15) is 9.59 Å². The number of hydrogen-bond donors (Lipinski definition) is 1. The summed E-state index contributed by atoms with van der Waals surface area (Å²) in [4.78, 5) is 26.9. The Morgan fingerprint density at radius 2 is 2.04 bits per heavy atom. The van der Waals surface area contributed by atoms with Gasteiger partial charge in [-0.3, -0.25) is 9.59 Å². The average molecular weight is 352 g/mol. The molecule has 6 nitrogen and oxygen atoms in total. The minimum absolute atomic E-state index is 0.0943. The maximum Gasteiger partial charge on any atom is 0.255 e. The molecule has 1 aromatic rings. The molecule has 132 valence electrons. The van der Waals surface area contributed by atoms with Gasteiger partial charge in [0.05, 0.1) is 20.1 Å². The van der Waals surface area contributed by atoms with Gasteiger partial charge < -0.3 is 19.7 Å². The van der Waals surface area contributed by atoms with Crippen LogP contribution in [0.25, 0.3) is 0 Å². The van der Waals surface area contributed by atoms with E-state index in [-0.39, 0.29) is 17.9 Å². The predicted molar refractivity (Wildman–Crippen MR) is 94.7 cm³/mol. The smallest absolute Gasteiger partial charge is 0.255 e. The van der Waals surface area contributed by atoms with Crippen LogP contribution in [-0.4, -0.2) is 54.6 Å². The molecule has 0 saturated carbocycles. The van der Waals surface area contributed by atoms with E-state index in [1.165, 1.54) is 7.11 Å². The summed E-state index contributed by atoms with van der Waals surface area (Å²) in [5, 5.41) is 2.96. The maximum atomic E-state index is 12.8. The van der Waals surface area contributed by atoms with Crippen LogP contribution in [-0.2, 0) is 4.79 Å². The van der Waals surface area contributed by atoms with Gasteiger partial charge in [-0.2, -0.15) is 0 Å². The number of ether oxygens (including phenoxy) is 2. The quantitative estimate of drug-likeness (QED) is 0.849. The molecule has 7 heteroatoms. The lowest BCUT2D eigenvalue weighted by atomic mass is 10.1. The number of carbonyl (C=O) groups is 2. The molecule has 1 aromatic carbocycles. The van der Waals surface area contributed by atoms with Crippen LogP contribution >= 0.6 is 11.8 Å². The SMILES string of the molecule is CC[C@@H](C)NC(=O)[C@H]1CSCN1C(=O)c1ccc(OC)c(OC)c1. The van der Waals surface area contributed by atoms with Gasteiger partial charge in [0, 0.05) is 17.4 Å². The van der Waals surface area contributed by atoms with E-state index in [0.29, 0.717) is 28.7 Å². The van der Waals surface area contributed by atoms with Crippen LogP contribution < -0.4 is 14.8 Å². The second-order valence-corrected chi connectivity index (χ2v) is 6.68.